The zero-order chi connectivity index (χ0) is 20.4. The number of rotatable bonds is 10. The third kappa shape index (κ3) is 7.25. The molecular formula is C23H35FN2O2. The Balaban J connectivity index is 1.68. The van der Waals surface area contributed by atoms with Crippen LogP contribution in [0.4, 0.5) is 4.39 Å². The van der Waals surface area contributed by atoms with Gasteiger partial charge in [-0.25, -0.2) is 4.39 Å². The molecule has 0 N–H and O–H groups in total. The number of benzene rings is 1. The van der Waals surface area contributed by atoms with Crippen molar-refractivity contribution in [3.8, 4) is 0 Å². The second kappa shape index (κ2) is 11.8. The van der Waals surface area contributed by atoms with Gasteiger partial charge in [0, 0.05) is 39.0 Å². The van der Waals surface area contributed by atoms with E-state index in [1.807, 2.05) is 15.9 Å². The normalized spacial score (nSPS) is 14.9. The summed E-state index contributed by atoms with van der Waals surface area (Å²) in [5.74, 6) is 0.653. The van der Waals surface area contributed by atoms with Crippen LogP contribution in [-0.4, -0.2) is 47.8 Å². The largest absolute Gasteiger partial charge is 0.343 e. The topological polar surface area (TPSA) is 40.6 Å². The fraction of sp³-hybridized carbons (Fsp3) is 0.652. The van der Waals surface area contributed by atoms with Gasteiger partial charge in [0.25, 0.3) is 0 Å². The van der Waals surface area contributed by atoms with Gasteiger partial charge in [0.05, 0.1) is 0 Å². The van der Waals surface area contributed by atoms with Crippen molar-refractivity contribution in [2.24, 2.45) is 5.92 Å². The number of piperidine rings is 1. The van der Waals surface area contributed by atoms with Gasteiger partial charge < -0.3 is 9.80 Å². The van der Waals surface area contributed by atoms with Crippen LogP contribution in [0.2, 0.25) is 0 Å². The number of amides is 2. The minimum atomic E-state index is -0.184. The molecule has 0 bridgehead atoms. The van der Waals surface area contributed by atoms with E-state index in [1.54, 1.807) is 12.1 Å². The fourth-order valence-corrected chi connectivity index (χ4v) is 3.99. The molecule has 4 nitrogen and oxygen atoms in total. The highest BCUT2D eigenvalue weighted by Gasteiger charge is 2.23. The van der Waals surface area contributed by atoms with E-state index in [1.165, 1.54) is 6.07 Å². The van der Waals surface area contributed by atoms with E-state index < -0.39 is 0 Å². The van der Waals surface area contributed by atoms with Crippen molar-refractivity contribution in [2.45, 2.75) is 65.2 Å². The van der Waals surface area contributed by atoms with E-state index >= 15 is 0 Å². The Labute approximate surface area is 169 Å². The average molecular weight is 391 g/mol. The summed E-state index contributed by atoms with van der Waals surface area (Å²) in [5, 5.41) is 0. The van der Waals surface area contributed by atoms with Crippen molar-refractivity contribution in [3.05, 3.63) is 35.6 Å². The van der Waals surface area contributed by atoms with E-state index in [0.717, 1.165) is 63.8 Å². The summed E-state index contributed by atoms with van der Waals surface area (Å²) in [5.41, 5.74) is 1.03. The van der Waals surface area contributed by atoms with Gasteiger partial charge in [-0.15, -0.1) is 0 Å². The van der Waals surface area contributed by atoms with Crippen LogP contribution in [0.3, 0.4) is 0 Å². The molecule has 2 rings (SSSR count). The van der Waals surface area contributed by atoms with E-state index in [4.69, 9.17) is 0 Å². The zero-order valence-electron chi connectivity index (χ0n) is 17.5. The molecule has 1 aliphatic rings. The van der Waals surface area contributed by atoms with E-state index in [0.29, 0.717) is 25.2 Å². The van der Waals surface area contributed by atoms with E-state index in [-0.39, 0.29) is 17.6 Å². The molecule has 5 heteroatoms. The van der Waals surface area contributed by atoms with Crippen LogP contribution < -0.4 is 0 Å². The second-order valence-electron chi connectivity index (χ2n) is 7.89. The lowest BCUT2D eigenvalue weighted by Gasteiger charge is -2.32. The predicted octanol–water partition coefficient (Wildman–Crippen LogP) is 4.43. The van der Waals surface area contributed by atoms with Gasteiger partial charge in [0.1, 0.15) is 5.82 Å². The molecule has 0 saturated carbocycles. The zero-order valence-corrected chi connectivity index (χ0v) is 17.5. The highest BCUT2D eigenvalue weighted by Crippen LogP contribution is 2.22. The molecule has 0 aliphatic carbocycles. The van der Waals surface area contributed by atoms with Gasteiger partial charge in [0.15, 0.2) is 0 Å². The maximum Gasteiger partial charge on any atom is 0.222 e. The van der Waals surface area contributed by atoms with Crippen molar-refractivity contribution in [2.75, 3.05) is 26.2 Å². The van der Waals surface area contributed by atoms with Crippen LogP contribution in [0.15, 0.2) is 24.3 Å². The van der Waals surface area contributed by atoms with Crippen molar-refractivity contribution in [3.63, 3.8) is 0 Å². The summed E-state index contributed by atoms with van der Waals surface area (Å²) >= 11 is 0. The second-order valence-corrected chi connectivity index (χ2v) is 7.89. The Bertz CT molecular complexity index is 621. The van der Waals surface area contributed by atoms with Gasteiger partial charge in [0.2, 0.25) is 11.8 Å². The number of hydrogen-bond acceptors (Lipinski definition) is 2. The number of hydrogen-bond donors (Lipinski definition) is 0. The Kier molecular flexibility index (Phi) is 9.45. The van der Waals surface area contributed by atoms with Gasteiger partial charge >= 0.3 is 0 Å². The lowest BCUT2D eigenvalue weighted by molar-refractivity contribution is -0.133. The summed E-state index contributed by atoms with van der Waals surface area (Å²) in [6, 6.07) is 6.80. The maximum atomic E-state index is 13.3. The van der Waals surface area contributed by atoms with Crippen LogP contribution in [0.25, 0.3) is 0 Å². The molecule has 0 radical (unpaired) electrons. The van der Waals surface area contributed by atoms with Crippen molar-refractivity contribution >= 4 is 11.8 Å². The third-order valence-electron chi connectivity index (χ3n) is 5.50. The van der Waals surface area contributed by atoms with Gasteiger partial charge in [-0.3, -0.25) is 9.59 Å². The van der Waals surface area contributed by atoms with Crippen LogP contribution >= 0.6 is 0 Å². The summed E-state index contributed by atoms with van der Waals surface area (Å²) in [7, 11) is 0. The molecule has 28 heavy (non-hydrogen) atoms. The molecule has 1 heterocycles. The van der Waals surface area contributed by atoms with Crippen molar-refractivity contribution in [1.29, 1.82) is 0 Å². The minimum absolute atomic E-state index is 0.162. The molecule has 1 aromatic rings. The van der Waals surface area contributed by atoms with Crippen LogP contribution in [-0.2, 0) is 16.0 Å². The SMILES string of the molecule is CCCN(CCC)C(=O)CCCC(=O)N1CCC(Cc2cccc(F)c2)CC1. The predicted molar refractivity (Wildman–Crippen MR) is 110 cm³/mol. The van der Waals surface area contributed by atoms with Crippen LogP contribution in [0.1, 0.15) is 64.4 Å². The Morgan fingerprint density at radius 2 is 1.79 bits per heavy atom. The summed E-state index contributed by atoms with van der Waals surface area (Å²) < 4.78 is 13.3. The first-order valence-corrected chi connectivity index (χ1v) is 10.8. The standard InChI is InChI=1S/C23H35FN2O2/c1-3-13-25(14-4-2)22(27)9-6-10-23(28)26-15-11-19(12-16-26)17-20-7-5-8-21(24)18-20/h5,7-8,18-19H,3-4,6,9-17H2,1-2H3. The number of carbonyl (C=O) groups excluding carboxylic acids is 2. The Morgan fingerprint density at radius 3 is 2.39 bits per heavy atom. The summed E-state index contributed by atoms with van der Waals surface area (Å²) in [4.78, 5) is 28.6. The fourth-order valence-electron chi connectivity index (χ4n) is 3.99. The molecule has 0 spiro atoms. The summed E-state index contributed by atoms with van der Waals surface area (Å²) in [6.07, 6.45) is 6.27. The Hall–Kier alpha value is -1.91. The molecule has 2 amide bonds. The number of likely N-dealkylation sites (tertiary alicyclic amines) is 1. The smallest absolute Gasteiger partial charge is 0.222 e. The first kappa shape index (κ1) is 22.4. The third-order valence-corrected chi connectivity index (χ3v) is 5.50. The molecule has 156 valence electrons. The van der Waals surface area contributed by atoms with Gasteiger partial charge in [-0.05, 0) is 62.1 Å². The molecule has 1 saturated heterocycles. The van der Waals surface area contributed by atoms with Crippen molar-refractivity contribution < 1.29 is 14.0 Å². The monoisotopic (exact) mass is 390 g/mol. The molecule has 0 atom stereocenters. The van der Waals surface area contributed by atoms with Crippen molar-refractivity contribution in [1.82, 2.24) is 9.80 Å². The maximum absolute atomic E-state index is 13.3. The Morgan fingerprint density at radius 1 is 1.11 bits per heavy atom. The highest BCUT2D eigenvalue weighted by molar-refractivity contribution is 5.79. The number of nitrogens with zero attached hydrogens (tertiary/aromatic N) is 2. The minimum Gasteiger partial charge on any atom is -0.343 e. The molecule has 0 aromatic heterocycles. The van der Waals surface area contributed by atoms with E-state index in [2.05, 4.69) is 13.8 Å². The molecule has 0 unspecified atom stereocenters. The number of carbonyl (C=O) groups is 2. The van der Waals surface area contributed by atoms with Crippen LogP contribution in [0, 0.1) is 11.7 Å². The lowest BCUT2D eigenvalue weighted by atomic mass is 9.90. The highest BCUT2D eigenvalue weighted by atomic mass is 19.1. The van der Waals surface area contributed by atoms with Gasteiger partial charge in [-0.2, -0.15) is 0 Å². The van der Waals surface area contributed by atoms with E-state index in [9.17, 15) is 14.0 Å². The quantitative estimate of drug-likeness (QED) is 0.593. The molecule has 1 aliphatic heterocycles. The molecule has 1 aromatic carbocycles. The molecular weight excluding hydrogens is 355 g/mol. The molecule has 1 fully saturated rings. The summed E-state index contributed by atoms with van der Waals surface area (Å²) in [6.45, 7) is 7.31. The van der Waals surface area contributed by atoms with Gasteiger partial charge in [-0.1, -0.05) is 26.0 Å². The first-order valence-electron chi connectivity index (χ1n) is 10.8. The first-order chi connectivity index (χ1) is 13.5. The average Bonchev–Trinajstić information content (AvgIpc) is 2.68. The lowest BCUT2D eigenvalue weighted by Crippen LogP contribution is -2.39. The number of halogens is 1. The van der Waals surface area contributed by atoms with Crippen LogP contribution in [0.5, 0.6) is 0 Å².